The largest absolute Gasteiger partial charge is 0.494 e. The van der Waals surface area contributed by atoms with E-state index in [1.165, 1.54) is 6.92 Å². The van der Waals surface area contributed by atoms with E-state index in [1.807, 2.05) is 36.4 Å². The van der Waals surface area contributed by atoms with E-state index in [2.05, 4.69) is 29.8 Å². The molecule has 0 heterocycles. The van der Waals surface area contributed by atoms with Crippen LogP contribution in [0.4, 0.5) is 17.1 Å². The lowest BCUT2D eigenvalue weighted by Gasteiger charge is -2.11. The highest BCUT2D eigenvalue weighted by atomic mass is 16.5. The third-order valence-electron chi connectivity index (χ3n) is 3.72. The highest BCUT2D eigenvalue weighted by Gasteiger charge is 2.05. The summed E-state index contributed by atoms with van der Waals surface area (Å²) >= 11 is 0. The summed E-state index contributed by atoms with van der Waals surface area (Å²) in [4.78, 5) is 23.3. The molecule has 0 saturated heterocycles. The number of hydrogen-bond acceptors (Lipinski definition) is 4. The molecule has 0 atom stereocenters. The average molecular weight is 369 g/mol. The number of carbonyl (C=O) groups excluding carboxylic acids is 2. The summed E-state index contributed by atoms with van der Waals surface area (Å²) in [6, 6.07) is 14.6. The fourth-order valence-corrected chi connectivity index (χ4v) is 2.37. The molecule has 0 aliphatic heterocycles. The zero-order valence-corrected chi connectivity index (χ0v) is 16.0. The molecular formula is C21H27N3O3. The lowest BCUT2D eigenvalue weighted by atomic mass is 10.1. The van der Waals surface area contributed by atoms with E-state index in [-0.39, 0.29) is 18.4 Å². The second kappa shape index (κ2) is 10.2. The molecule has 0 aliphatic carbocycles. The second-order valence-electron chi connectivity index (χ2n) is 6.72. The molecule has 2 amide bonds. The molecule has 144 valence electrons. The lowest BCUT2D eigenvalue weighted by molar-refractivity contribution is -0.115. The van der Waals surface area contributed by atoms with Crippen molar-refractivity contribution >= 4 is 28.9 Å². The zero-order chi connectivity index (χ0) is 19.6. The third-order valence-corrected chi connectivity index (χ3v) is 3.72. The minimum Gasteiger partial charge on any atom is -0.494 e. The Kier molecular flexibility index (Phi) is 7.67. The quantitative estimate of drug-likeness (QED) is 0.621. The van der Waals surface area contributed by atoms with Gasteiger partial charge in [-0.2, -0.15) is 0 Å². The zero-order valence-electron chi connectivity index (χ0n) is 16.0. The third kappa shape index (κ3) is 7.81. The fourth-order valence-electron chi connectivity index (χ4n) is 2.37. The van der Waals surface area contributed by atoms with Crippen LogP contribution in [-0.4, -0.2) is 25.0 Å². The number of nitrogens with one attached hydrogen (secondary N) is 3. The number of hydrogen-bond donors (Lipinski definition) is 3. The van der Waals surface area contributed by atoms with Crippen LogP contribution in [0.25, 0.3) is 0 Å². The highest BCUT2D eigenvalue weighted by Crippen LogP contribution is 2.18. The molecule has 6 nitrogen and oxygen atoms in total. The molecule has 0 saturated carbocycles. The van der Waals surface area contributed by atoms with Gasteiger partial charge in [-0.3, -0.25) is 9.59 Å². The molecule has 27 heavy (non-hydrogen) atoms. The first-order valence-electron chi connectivity index (χ1n) is 9.06. The van der Waals surface area contributed by atoms with Gasteiger partial charge in [0.1, 0.15) is 5.75 Å². The SMILES string of the molecule is CC(=O)Nc1cccc(NCC(=O)Nc2cccc(OCCC(C)C)c2)c1. The maximum absolute atomic E-state index is 12.2. The summed E-state index contributed by atoms with van der Waals surface area (Å²) in [6.07, 6.45) is 0.984. The Bertz CT molecular complexity index is 775. The summed E-state index contributed by atoms with van der Waals surface area (Å²) in [6.45, 7) is 6.52. The molecular weight excluding hydrogens is 342 g/mol. The molecule has 0 aromatic heterocycles. The molecule has 2 aromatic carbocycles. The number of rotatable bonds is 9. The lowest BCUT2D eigenvalue weighted by Crippen LogP contribution is -2.21. The summed E-state index contributed by atoms with van der Waals surface area (Å²) < 4.78 is 5.71. The van der Waals surface area contributed by atoms with Gasteiger partial charge in [-0.25, -0.2) is 0 Å². The second-order valence-corrected chi connectivity index (χ2v) is 6.72. The topological polar surface area (TPSA) is 79.5 Å². The number of anilines is 3. The average Bonchev–Trinajstić information content (AvgIpc) is 2.60. The Morgan fingerprint density at radius 3 is 2.33 bits per heavy atom. The first-order valence-corrected chi connectivity index (χ1v) is 9.06. The van der Waals surface area contributed by atoms with Gasteiger partial charge in [0.2, 0.25) is 11.8 Å². The van der Waals surface area contributed by atoms with Crippen molar-refractivity contribution < 1.29 is 14.3 Å². The molecule has 0 radical (unpaired) electrons. The summed E-state index contributed by atoms with van der Waals surface area (Å²) in [5.41, 5.74) is 2.12. The van der Waals surface area contributed by atoms with Gasteiger partial charge >= 0.3 is 0 Å². The molecule has 2 rings (SSSR count). The van der Waals surface area contributed by atoms with Crippen molar-refractivity contribution in [3.05, 3.63) is 48.5 Å². The van der Waals surface area contributed by atoms with Crippen molar-refractivity contribution in [2.75, 3.05) is 29.1 Å². The molecule has 6 heteroatoms. The van der Waals surface area contributed by atoms with Gasteiger partial charge in [-0.15, -0.1) is 0 Å². The van der Waals surface area contributed by atoms with Gasteiger partial charge in [-0.1, -0.05) is 26.0 Å². The molecule has 3 N–H and O–H groups in total. The summed E-state index contributed by atoms with van der Waals surface area (Å²) in [5, 5.41) is 8.60. The fraction of sp³-hybridized carbons (Fsp3) is 0.333. The van der Waals surface area contributed by atoms with Gasteiger partial charge in [0.05, 0.1) is 13.2 Å². The van der Waals surface area contributed by atoms with Crippen molar-refractivity contribution in [3.8, 4) is 5.75 Å². The normalized spacial score (nSPS) is 10.4. The summed E-state index contributed by atoms with van der Waals surface area (Å²) in [7, 11) is 0. The number of benzene rings is 2. The predicted molar refractivity (Wildman–Crippen MR) is 109 cm³/mol. The van der Waals surface area contributed by atoms with Crippen molar-refractivity contribution in [1.82, 2.24) is 0 Å². The van der Waals surface area contributed by atoms with Crippen LogP contribution in [0, 0.1) is 5.92 Å². The van der Waals surface area contributed by atoms with E-state index in [9.17, 15) is 9.59 Å². The van der Waals surface area contributed by atoms with Crippen LogP contribution in [0.2, 0.25) is 0 Å². The Morgan fingerprint density at radius 2 is 1.63 bits per heavy atom. The smallest absolute Gasteiger partial charge is 0.243 e. The van der Waals surface area contributed by atoms with Gasteiger partial charge in [0, 0.05) is 30.1 Å². The van der Waals surface area contributed by atoms with E-state index in [4.69, 9.17) is 4.74 Å². The van der Waals surface area contributed by atoms with Crippen LogP contribution in [0.1, 0.15) is 27.2 Å². The van der Waals surface area contributed by atoms with Crippen LogP contribution in [0.5, 0.6) is 5.75 Å². The van der Waals surface area contributed by atoms with E-state index >= 15 is 0 Å². The molecule has 0 bridgehead atoms. The van der Waals surface area contributed by atoms with E-state index < -0.39 is 0 Å². The van der Waals surface area contributed by atoms with Crippen LogP contribution in [0.3, 0.4) is 0 Å². The van der Waals surface area contributed by atoms with E-state index in [1.54, 1.807) is 12.1 Å². The number of carbonyl (C=O) groups is 2. The first kappa shape index (κ1) is 20.3. The van der Waals surface area contributed by atoms with Crippen LogP contribution >= 0.6 is 0 Å². The molecule has 0 spiro atoms. The molecule has 0 aliphatic rings. The Hall–Kier alpha value is -3.02. The summed E-state index contributed by atoms with van der Waals surface area (Å²) in [5.74, 6) is 1.02. The minimum absolute atomic E-state index is 0.113. The number of amides is 2. The Balaban J connectivity index is 1.84. The maximum atomic E-state index is 12.2. The van der Waals surface area contributed by atoms with Gasteiger partial charge in [0.25, 0.3) is 0 Å². The first-order chi connectivity index (χ1) is 12.9. The van der Waals surface area contributed by atoms with Gasteiger partial charge < -0.3 is 20.7 Å². The van der Waals surface area contributed by atoms with Crippen LogP contribution in [0.15, 0.2) is 48.5 Å². The highest BCUT2D eigenvalue weighted by molar-refractivity contribution is 5.94. The van der Waals surface area contributed by atoms with Crippen molar-refractivity contribution in [2.45, 2.75) is 27.2 Å². The maximum Gasteiger partial charge on any atom is 0.243 e. The minimum atomic E-state index is -0.167. The van der Waals surface area contributed by atoms with Crippen molar-refractivity contribution in [2.24, 2.45) is 5.92 Å². The van der Waals surface area contributed by atoms with E-state index in [0.29, 0.717) is 23.9 Å². The molecule has 0 unspecified atom stereocenters. The Morgan fingerprint density at radius 1 is 0.963 bits per heavy atom. The predicted octanol–water partition coefficient (Wildman–Crippen LogP) is 4.12. The monoisotopic (exact) mass is 369 g/mol. The van der Waals surface area contributed by atoms with Crippen LogP contribution in [-0.2, 0) is 9.59 Å². The van der Waals surface area contributed by atoms with E-state index in [0.717, 1.165) is 17.9 Å². The van der Waals surface area contributed by atoms with Gasteiger partial charge in [0.15, 0.2) is 0 Å². The number of ether oxygens (including phenoxy) is 1. The Labute approximate surface area is 160 Å². The standard InChI is InChI=1S/C21H27N3O3/c1-15(2)10-11-27-20-9-5-8-19(13-20)24-21(26)14-22-17-6-4-7-18(12-17)23-16(3)25/h4-9,12-13,15,22H,10-11,14H2,1-3H3,(H,23,25)(H,24,26). The van der Waals surface area contributed by atoms with Crippen molar-refractivity contribution in [3.63, 3.8) is 0 Å². The molecule has 2 aromatic rings. The van der Waals surface area contributed by atoms with Crippen molar-refractivity contribution in [1.29, 1.82) is 0 Å². The molecule has 0 fully saturated rings. The van der Waals surface area contributed by atoms with Gasteiger partial charge in [-0.05, 0) is 42.7 Å². The van der Waals surface area contributed by atoms with Crippen LogP contribution < -0.4 is 20.7 Å².